The summed E-state index contributed by atoms with van der Waals surface area (Å²) in [6, 6.07) is -0.551. The van der Waals surface area contributed by atoms with Crippen LogP contribution in [-0.2, 0) is 4.79 Å². The third-order valence-electron chi connectivity index (χ3n) is 3.13. The summed E-state index contributed by atoms with van der Waals surface area (Å²) in [7, 11) is 2.04. The van der Waals surface area contributed by atoms with Crippen molar-refractivity contribution in [3.63, 3.8) is 0 Å². The molecule has 1 aliphatic rings. The third kappa shape index (κ3) is 6.68. The van der Waals surface area contributed by atoms with Crippen molar-refractivity contribution in [2.24, 2.45) is 0 Å². The van der Waals surface area contributed by atoms with E-state index in [-0.39, 0.29) is 0 Å². The van der Waals surface area contributed by atoms with Crippen molar-refractivity contribution in [1.29, 1.82) is 0 Å². The molecule has 1 atom stereocenters. The van der Waals surface area contributed by atoms with Crippen LogP contribution in [0.1, 0.15) is 19.3 Å². The minimum atomic E-state index is -0.987. The highest BCUT2D eigenvalue weighted by Crippen LogP contribution is 2.24. The molecule has 1 aliphatic carbocycles. The molecule has 0 spiro atoms. The van der Waals surface area contributed by atoms with Gasteiger partial charge in [-0.2, -0.15) is 11.8 Å². The maximum Gasteiger partial charge on any atom is 0.326 e. The van der Waals surface area contributed by atoms with Crippen molar-refractivity contribution in [2.75, 3.05) is 32.1 Å². The second-order valence-corrected chi connectivity index (χ2v) is 5.77. The van der Waals surface area contributed by atoms with E-state index >= 15 is 0 Å². The minimum absolute atomic E-state index is 0.405. The molecule has 0 aromatic carbocycles. The Morgan fingerprint density at radius 1 is 1.47 bits per heavy atom. The molecule has 19 heavy (non-hydrogen) atoms. The zero-order valence-electron chi connectivity index (χ0n) is 11.5. The molecule has 0 aliphatic heterocycles. The van der Waals surface area contributed by atoms with Crippen LogP contribution in [0.3, 0.4) is 0 Å². The average Bonchev–Trinajstić information content (AvgIpc) is 3.18. The molecule has 0 heterocycles. The fourth-order valence-corrected chi connectivity index (χ4v) is 2.22. The van der Waals surface area contributed by atoms with Crippen LogP contribution < -0.4 is 10.6 Å². The number of hydrogen-bond donors (Lipinski definition) is 3. The molecule has 0 bridgehead atoms. The van der Waals surface area contributed by atoms with Gasteiger partial charge in [0.05, 0.1) is 0 Å². The van der Waals surface area contributed by atoms with Gasteiger partial charge in [-0.1, -0.05) is 0 Å². The fraction of sp³-hybridized carbons (Fsp3) is 0.833. The van der Waals surface area contributed by atoms with Crippen molar-refractivity contribution in [1.82, 2.24) is 15.5 Å². The third-order valence-corrected chi connectivity index (χ3v) is 3.78. The van der Waals surface area contributed by atoms with Gasteiger partial charge >= 0.3 is 12.0 Å². The Balaban J connectivity index is 2.17. The molecule has 1 rings (SSSR count). The van der Waals surface area contributed by atoms with Gasteiger partial charge in [0.15, 0.2) is 0 Å². The topological polar surface area (TPSA) is 81.7 Å². The van der Waals surface area contributed by atoms with Gasteiger partial charge in [-0.05, 0) is 38.3 Å². The van der Waals surface area contributed by atoms with Crippen molar-refractivity contribution < 1.29 is 14.7 Å². The molecule has 3 N–H and O–H groups in total. The molecule has 0 saturated heterocycles. The molecular formula is C12H23N3O3S. The Morgan fingerprint density at radius 3 is 2.68 bits per heavy atom. The summed E-state index contributed by atoms with van der Waals surface area (Å²) in [5.41, 5.74) is 0. The number of rotatable bonds is 9. The lowest BCUT2D eigenvalue weighted by Gasteiger charge is -2.17. The van der Waals surface area contributed by atoms with Crippen LogP contribution in [0.2, 0.25) is 0 Å². The lowest BCUT2D eigenvalue weighted by Crippen LogP contribution is -2.47. The van der Waals surface area contributed by atoms with E-state index in [4.69, 9.17) is 5.11 Å². The second-order valence-electron chi connectivity index (χ2n) is 4.78. The van der Waals surface area contributed by atoms with Gasteiger partial charge in [0.1, 0.15) is 6.04 Å². The predicted octanol–water partition coefficient (Wildman–Crippen LogP) is 0.586. The molecule has 0 aromatic rings. The molecule has 0 radical (unpaired) electrons. The SMILES string of the molecule is CSCC[C@H](NC(=O)NCCN(C)C1CC1)C(=O)O. The van der Waals surface area contributed by atoms with E-state index in [0.29, 0.717) is 24.8 Å². The van der Waals surface area contributed by atoms with Crippen LogP contribution in [0.15, 0.2) is 0 Å². The van der Waals surface area contributed by atoms with Gasteiger partial charge < -0.3 is 20.6 Å². The predicted molar refractivity (Wildman–Crippen MR) is 76.6 cm³/mol. The van der Waals surface area contributed by atoms with Crippen molar-refractivity contribution >= 4 is 23.8 Å². The first-order valence-corrected chi connectivity index (χ1v) is 7.90. The zero-order chi connectivity index (χ0) is 14.3. The number of amides is 2. The molecule has 0 aromatic heterocycles. The fourth-order valence-electron chi connectivity index (χ4n) is 1.75. The summed E-state index contributed by atoms with van der Waals surface area (Å²) in [5.74, 6) is -0.277. The first kappa shape index (κ1) is 16.1. The smallest absolute Gasteiger partial charge is 0.326 e. The van der Waals surface area contributed by atoms with Crippen molar-refractivity contribution in [3.8, 4) is 0 Å². The minimum Gasteiger partial charge on any atom is -0.480 e. The number of carbonyl (C=O) groups excluding carboxylic acids is 1. The highest BCUT2D eigenvalue weighted by Gasteiger charge is 2.25. The Hall–Kier alpha value is -0.950. The normalized spacial score (nSPS) is 16.2. The Labute approximate surface area is 118 Å². The Bertz CT molecular complexity index is 311. The van der Waals surface area contributed by atoms with Gasteiger partial charge in [-0.25, -0.2) is 9.59 Å². The second kappa shape index (κ2) is 8.27. The van der Waals surface area contributed by atoms with Crippen LogP contribution in [0.5, 0.6) is 0 Å². The van der Waals surface area contributed by atoms with Gasteiger partial charge in [0, 0.05) is 19.1 Å². The summed E-state index contributed by atoms with van der Waals surface area (Å²) in [6.07, 6.45) is 4.82. The molecular weight excluding hydrogens is 266 g/mol. The molecule has 6 nitrogen and oxygen atoms in total. The van der Waals surface area contributed by atoms with Crippen LogP contribution in [-0.4, -0.2) is 66.2 Å². The molecule has 110 valence electrons. The number of carboxylic acid groups (broad SMARTS) is 1. The summed E-state index contributed by atoms with van der Waals surface area (Å²) < 4.78 is 0. The average molecular weight is 289 g/mol. The van der Waals surface area contributed by atoms with Crippen LogP contribution in [0, 0.1) is 0 Å². The van der Waals surface area contributed by atoms with Crippen LogP contribution in [0.25, 0.3) is 0 Å². The van der Waals surface area contributed by atoms with Crippen molar-refractivity contribution in [3.05, 3.63) is 0 Å². The van der Waals surface area contributed by atoms with E-state index in [1.807, 2.05) is 13.3 Å². The van der Waals surface area contributed by atoms with Crippen LogP contribution in [0.4, 0.5) is 4.79 Å². The summed E-state index contributed by atoms with van der Waals surface area (Å²) in [6.45, 7) is 1.33. The highest BCUT2D eigenvalue weighted by molar-refractivity contribution is 7.98. The zero-order valence-corrected chi connectivity index (χ0v) is 12.3. The number of nitrogens with one attached hydrogen (secondary N) is 2. The number of likely N-dealkylation sites (N-methyl/N-ethyl adjacent to an activating group) is 1. The number of urea groups is 1. The number of carboxylic acids is 1. The van der Waals surface area contributed by atoms with E-state index in [1.165, 1.54) is 12.8 Å². The Morgan fingerprint density at radius 2 is 2.16 bits per heavy atom. The molecule has 0 unspecified atom stereocenters. The van der Waals surface area contributed by atoms with Gasteiger partial charge in [-0.3, -0.25) is 0 Å². The number of nitrogens with zero attached hydrogens (tertiary/aromatic N) is 1. The van der Waals surface area contributed by atoms with Crippen molar-refractivity contribution in [2.45, 2.75) is 31.3 Å². The van der Waals surface area contributed by atoms with E-state index in [1.54, 1.807) is 11.8 Å². The quantitative estimate of drug-likeness (QED) is 0.579. The summed E-state index contributed by atoms with van der Waals surface area (Å²) >= 11 is 1.56. The largest absolute Gasteiger partial charge is 0.480 e. The Kier molecular flexibility index (Phi) is 7.01. The number of aliphatic carboxylic acids is 1. The maximum absolute atomic E-state index is 11.6. The highest BCUT2D eigenvalue weighted by atomic mass is 32.2. The number of hydrogen-bond acceptors (Lipinski definition) is 4. The molecule has 1 fully saturated rings. The van der Waals surface area contributed by atoms with E-state index in [2.05, 4.69) is 15.5 Å². The lowest BCUT2D eigenvalue weighted by atomic mass is 10.2. The van der Waals surface area contributed by atoms with Crippen LogP contribution >= 0.6 is 11.8 Å². The van der Waals surface area contributed by atoms with Gasteiger partial charge in [-0.15, -0.1) is 0 Å². The summed E-state index contributed by atoms with van der Waals surface area (Å²) in [5, 5.41) is 14.2. The lowest BCUT2D eigenvalue weighted by molar-refractivity contribution is -0.139. The molecule has 1 saturated carbocycles. The molecule has 7 heteroatoms. The van der Waals surface area contributed by atoms with Gasteiger partial charge in [0.2, 0.25) is 0 Å². The number of thioether (sulfide) groups is 1. The van der Waals surface area contributed by atoms with E-state index in [9.17, 15) is 9.59 Å². The van der Waals surface area contributed by atoms with Gasteiger partial charge in [0.25, 0.3) is 0 Å². The summed E-state index contributed by atoms with van der Waals surface area (Å²) in [4.78, 5) is 24.7. The number of carbonyl (C=O) groups is 2. The molecule has 2 amide bonds. The maximum atomic E-state index is 11.6. The van der Waals surface area contributed by atoms with E-state index < -0.39 is 18.0 Å². The standard InChI is InChI=1S/C12H23N3O3S/c1-15(9-3-4-9)7-6-13-12(18)14-10(11(16)17)5-8-19-2/h9-10H,3-8H2,1-2H3,(H,16,17)(H2,13,14,18)/t10-/m0/s1. The first-order valence-electron chi connectivity index (χ1n) is 6.51. The van der Waals surface area contributed by atoms with E-state index in [0.717, 1.165) is 6.54 Å². The first-order chi connectivity index (χ1) is 9.04. The monoisotopic (exact) mass is 289 g/mol.